The lowest BCUT2D eigenvalue weighted by molar-refractivity contribution is -0.171. The minimum atomic E-state index is 0.725. The summed E-state index contributed by atoms with van der Waals surface area (Å²) in [6.45, 7) is 5.70. The molecule has 0 aliphatic heterocycles. The van der Waals surface area contributed by atoms with Gasteiger partial charge in [0.1, 0.15) is 0 Å². The third-order valence-electron chi connectivity index (χ3n) is 2.32. The number of rotatable bonds is 8. The van der Waals surface area contributed by atoms with E-state index in [0.29, 0.717) is 0 Å². The van der Waals surface area contributed by atoms with Crippen LogP contribution in [0.2, 0.25) is 0 Å². The lowest BCUT2D eigenvalue weighted by Gasteiger charge is -2.05. The minimum Gasteiger partial charge on any atom is -0.277 e. The Labute approximate surface area is 94.4 Å². The summed E-state index contributed by atoms with van der Waals surface area (Å²) in [4.78, 5) is 9.90. The molecule has 3 heteroatoms. The van der Waals surface area contributed by atoms with Crippen LogP contribution in [0.3, 0.4) is 0 Å². The molecule has 0 bridgehead atoms. The monoisotopic (exact) mass is 217 g/mol. The Morgan fingerprint density at radius 1 is 0.800 bits per heavy atom. The van der Waals surface area contributed by atoms with Crippen molar-refractivity contribution < 1.29 is 9.68 Å². The second-order valence-electron chi connectivity index (χ2n) is 3.90. The van der Waals surface area contributed by atoms with Gasteiger partial charge in [0.15, 0.2) is 0 Å². The molecular formula is C12H27NO2. The first-order chi connectivity index (χ1) is 7.41. The third kappa shape index (κ3) is 13.9. The Morgan fingerprint density at radius 3 is 1.47 bits per heavy atom. The van der Waals surface area contributed by atoms with Crippen LogP contribution in [0.15, 0.2) is 0 Å². The van der Waals surface area contributed by atoms with Crippen molar-refractivity contribution >= 4 is 0 Å². The molecule has 0 heterocycles. The van der Waals surface area contributed by atoms with Gasteiger partial charge < -0.3 is 0 Å². The van der Waals surface area contributed by atoms with Crippen molar-refractivity contribution in [3.8, 4) is 0 Å². The summed E-state index contributed by atoms with van der Waals surface area (Å²) in [5.74, 6) is 0. The standard InChI is InChI=1S/C8H19NO2.C4H8/c1-3-5-7-10-9-11-8-6-4-2;1-2-4-3-1/h9H,3-8H2,1-2H3;1-4H2. The van der Waals surface area contributed by atoms with Crippen molar-refractivity contribution in [2.45, 2.75) is 65.2 Å². The zero-order valence-corrected chi connectivity index (χ0v) is 10.4. The fraction of sp³-hybridized carbons (Fsp3) is 1.00. The Morgan fingerprint density at radius 2 is 1.20 bits per heavy atom. The molecule has 1 saturated carbocycles. The molecule has 0 atom stereocenters. The van der Waals surface area contributed by atoms with Crippen LogP contribution in [0.4, 0.5) is 0 Å². The van der Waals surface area contributed by atoms with Gasteiger partial charge in [-0.1, -0.05) is 58.0 Å². The second kappa shape index (κ2) is 13.9. The average Bonchev–Trinajstić information content (AvgIpc) is 2.14. The van der Waals surface area contributed by atoms with Crippen molar-refractivity contribution in [2.75, 3.05) is 13.2 Å². The number of unbranched alkanes of at least 4 members (excludes halogenated alkanes) is 2. The first-order valence-corrected chi connectivity index (χ1v) is 6.40. The SMILES string of the molecule is C1CCC1.CCCCONOCCCC. The highest BCUT2D eigenvalue weighted by atomic mass is 16.9. The predicted octanol–water partition coefficient (Wildman–Crippen LogP) is 3.60. The Hall–Kier alpha value is -0.120. The largest absolute Gasteiger partial charge is 0.277 e. The quantitative estimate of drug-likeness (QED) is 0.498. The van der Waals surface area contributed by atoms with E-state index < -0.39 is 0 Å². The first kappa shape index (κ1) is 14.9. The number of hydrogen-bond acceptors (Lipinski definition) is 3. The minimum absolute atomic E-state index is 0.725. The number of nitrogens with one attached hydrogen (secondary N) is 1. The van der Waals surface area contributed by atoms with Crippen LogP contribution in [0.1, 0.15) is 65.2 Å². The lowest BCUT2D eigenvalue weighted by atomic mass is 10.0. The molecular weight excluding hydrogens is 190 g/mol. The second-order valence-corrected chi connectivity index (χ2v) is 3.90. The highest BCUT2D eigenvalue weighted by Gasteiger charge is 1.95. The third-order valence-corrected chi connectivity index (χ3v) is 2.32. The van der Waals surface area contributed by atoms with Gasteiger partial charge in [0.05, 0.1) is 13.2 Å². The van der Waals surface area contributed by atoms with Gasteiger partial charge >= 0.3 is 0 Å². The maximum absolute atomic E-state index is 4.95. The van der Waals surface area contributed by atoms with E-state index >= 15 is 0 Å². The van der Waals surface area contributed by atoms with E-state index in [9.17, 15) is 0 Å². The highest BCUT2D eigenvalue weighted by Crippen LogP contribution is 2.15. The molecule has 92 valence electrons. The molecule has 0 saturated heterocycles. The first-order valence-electron chi connectivity index (χ1n) is 6.40. The molecule has 1 N–H and O–H groups in total. The van der Waals surface area contributed by atoms with Crippen molar-refractivity contribution in [3.05, 3.63) is 0 Å². The van der Waals surface area contributed by atoms with Gasteiger partial charge in [0, 0.05) is 0 Å². The van der Waals surface area contributed by atoms with Gasteiger partial charge in [-0.05, 0) is 12.8 Å². The molecule has 3 nitrogen and oxygen atoms in total. The zero-order chi connectivity index (χ0) is 11.2. The molecule has 15 heavy (non-hydrogen) atoms. The summed E-state index contributed by atoms with van der Waals surface area (Å²) in [6.07, 6.45) is 10.4. The summed E-state index contributed by atoms with van der Waals surface area (Å²) in [6, 6.07) is 0. The van der Waals surface area contributed by atoms with Gasteiger partial charge in [0.2, 0.25) is 0 Å². The van der Waals surface area contributed by atoms with E-state index in [1.807, 2.05) is 0 Å². The molecule has 0 spiro atoms. The van der Waals surface area contributed by atoms with Crippen molar-refractivity contribution in [3.63, 3.8) is 0 Å². The van der Waals surface area contributed by atoms with Crippen LogP contribution in [0, 0.1) is 0 Å². The van der Waals surface area contributed by atoms with Crippen LogP contribution in [0.25, 0.3) is 0 Å². The molecule has 0 radical (unpaired) electrons. The molecule has 1 aliphatic rings. The summed E-state index contributed by atoms with van der Waals surface area (Å²) in [7, 11) is 0. The molecule has 0 amide bonds. The molecule has 1 fully saturated rings. The summed E-state index contributed by atoms with van der Waals surface area (Å²) in [5.41, 5.74) is 2.46. The molecule has 0 aromatic heterocycles. The van der Waals surface area contributed by atoms with Crippen LogP contribution >= 0.6 is 0 Å². The van der Waals surface area contributed by atoms with Crippen molar-refractivity contribution in [2.24, 2.45) is 0 Å². The van der Waals surface area contributed by atoms with E-state index in [2.05, 4.69) is 19.5 Å². The fourth-order valence-corrected chi connectivity index (χ4v) is 0.808. The zero-order valence-electron chi connectivity index (χ0n) is 10.4. The molecule has 0 aromatic rings. The van der Waals surface area contributed by atoms with E-state index in [-0.39, 0.29) is 0 Å². The van der Waals surface area contributed by atoms with E-state index in [0.717, 1.165) is 38.9 Å². The Balaban J connectivity index is 0.000000401. The summed E-state index contributed by atoms with van der Waals surface area (Å²) in [5, 5.41) is 0. The van der Waals surface area contributed by atoms with Crippen LogP contribution < -0.4 is 5.64 Å². The van der Waals surface area contributed by atoms with Crippen LogP contribution in [-0.2, 0) is 9.68 Å². The van der Waals surface area contributed by atoms with Gasteiger partial charge in [-0.25, -0.2) is 0 Å². The van der Waals surface area contributed by atoms with E-state index in [1.165, 1.54) is 25.7 Å². The van der Waals surface area contributed by atoms with Crippen molar-refractivity contribution in [1.29, 1.82) is 0 Å². The molecule has 1 rings (SSSR count). The Bertz CT molecular complexity index is 93.8. The van der Waals surface area contributed by atoms with Crippen LogP contribution in [-0.4, -0.2) is 13.2 Å². The fourth-order valence-electron chi connectivity index (χ4n) is 0.808. The average molecular weight is 217 g/mol. The van der Waals surface area contributed by atoms with Crippen molar-refractivity contribution in [1.82, 2.24) is 5.64 Å². The van der Waals surface area contributed by atoms with Gasteiger partial charge in [-0.3, -0.25) is 9.68 Å². The molecule has 0 aromatic carbocycles. The highest BCUT2D eigenvalue weighted by molar-refractivity contribution is 4.50. The van der Waals surface area contributed by atoms with Gasteiger partial charge in [0.25, 0.3) is 0 Å². The normalized spacial score (nSPS) is 14.0. The van der Waals surface area contributed by atoms with E-state index in [4.69, 9.17) is 9.68 Å². The van der Waals surface area contributed by atoms with Gasteiger partial charge in [-0.2, -0.15) is 0 Å². The predicted molar refractivity (Wildman–Crippen MR) is 63.3 cm³/mol. The molecule has 0 unspecified atom stereocenters. The molecule has 1 aliphatic carbocycles. The Kier molecular flexibility index (Phi) is 13.8. The maximum atomic E-state index is 4.95. The van der Waals surface area contributed by atoms with Crippen LogP contribution in [0.5, 0.6) is 0 Å². The maximum Gasteiger partial charge on any atom is 0.0709 e. The van der Waals surface area contributed by atoms with Gasteiger partial charge in [-0.15, -0.1) is 0 Å². The summed E-state index contributed by atoms with van der Waals surface area (Å²) < 4.78 is 0. The van der Waals surface area contributed by atoms with E-state index in [1.54, 1.807) is 0 Å². The number of hydrogen-bond donors (Lipinski definition) is 1. The topological polar surface area (TPSA) is 30.5 Å². The lowest BCUT2D eigenvalue weighted by Crippen LogP contribution is -2.16. The smallest absolute Gasteiger partial charge is 0.0709 e. The summed E-state index contributed by atoms with van der Waals surface area (Å²) >= 11 is 0.